The minimum atomic E-state index is 0.837. The van der Waals surface area contributed by atoms with E-state index in [9.17, 15) is 0 Å². The number of aromatic nitrogens is 2. The Kier molecular flexibility index (Phi) is 4.85. The van der Waals surface area contributed by atoms with Crippen LogP contribution in [-0.4, -0.2) is 16.5 Å². The summed E-state index contributed by atoms with van der Waals surface area (Å²) < 4.78 is 1.08. The van der Waals surface area contributed by atoms with Crippen molar-refractivity contribution in [3.8, 4) is 11.3 Å². The van der Waals surface area contributed by atoms with Gasteiger partial charge in [-0.3, -0.25) is 4.98 Å². The van der Waals surface area contributed by atoms with Gasteiger partial charge in [-0.1, -0.05) is 34.1 Å². The molecule has 3 rings (SSSR count). The van der Waals surface area contributed by atoms with Gasteiger partial charge in [0.25, 0.3) is 0 Å². The van der Waals surface area contributed by atoms with Crippen LogP contribution in [0.1, 0.15) is 10.6 Å². The summed E-state index contributed by atoms with van der Waals surface area (Å²) in [7, 11) is 0. The van der Waals surface area contributed by atoms with Crippen molar-refractivity contribution in [2.75, 3.05) is 11.9 Å². The van der Waals surface area contributed by atoms with E-state index in [-0.39, 0.29) is 0 Å². The molecule has 5 heteroatoms. The maximum atomic E-state index is 4.71. The largest absolute Gasteiger partial charge is 0.361 e. The van der Waals surface area contributed by atoms with E-state index in [2.05, 4.69) is 45.3 Å². The van der Waals surface area contributed by atoms with Gasteiger partial charge in [0, 0.05) is 39.8 Å². The van der Waals surface area contributed by atoms with Crippen LogP contribution < -0.4 is 5.32 Å². The first-order chi connectivity index (χ1) is 10.7. The zero-order valence-electron chi connectivity index (χ0n) is 12.2. The topological polar surface area (TPSA) is 37.8 Å². The molecule has 2 aromatic heterocycles. The summed E-state index contributed by atoms with van der Waals surface area (Å²) >= 11 is 5.16. The van der Waals surface area contributed by atoms with Gasteiger partial charge in [0.2, 0.25) is 0 Å². The molecule has 0 aliphatic carbocycles. The van der Waals surface area contributed by atoms with Gasteiger partial charge in [-0.05, 0) is 31.2 Å². The lowest BCUT2D eigenvalue weighted by atomic mass is 10.1. The third-order valence-corrected chi connectivity index (χ3v) is 4.75. The molecule has 0 saturated carbocycles. The fourth-order valence-electron chi connectivity index (χ4n) is 2.19. The SMILES string of the molecule is Cc1sc(NCCc2ccccn2)nc1-c1ccc(Br)cc1. The molecule has 3 nitrogen and oxygen atoms in total. The van der Waals surface area contributed by atoms with Crippen molar-refractivity contribution in [1.29, 1.82) is 0 Å². The predicted molar refractivity (Wildman–Crippen MR) is 96.4 cm³/mol. The number of aryl methyl sites for hydroxylation is 1. The number of hydrogen-bond acceptors (Lipinski definition) is 4. The van der Waals surface area contributed by atoms with Gasteiger partial charge in [-0.15, -0.1) is 11.3 Å². The Morgan fingerprint density at radius 2 is 1.95 bits per heavy atom. The number of anilines is 1. The van der Waals surface area contributed by atoms with Crippen molar-refractivity contribution in [3.05, 3.63) is 63.7 Å². The molecule has 0 unspecified atom stereocenters. The minimum absolute atomic E-state index is 0.837. The Morgan fingerprint density at radius 1 is 1.14 bits per heavy atom. The van der Waals surface area contributed by atoms with Crippen molar-refractivity contribution in [2.45, 2.75) is 13.3 Å². The minimum Gasteiger partial charge on any atom is -0.361 e. The molecule has 0 radical (unpaired) electrons. The average Bonchev–Trinajstić information content (AvgIpc) is 2.90. The summed E-state index contributed by atoms with van der Waals surface area (Å²) in [6.45, 7) is 2.95. The smallest absolute Gasteiger partial charge is 0.183 e. The number of rotatable bonds is 5. The Morgan fingerprint density at radius 3 is 2.68 bits per heavy atom. The molecular weight excluding hydrogens is 358 g/mol. The maximum Gasteiger partial charge on any atom is 0.183 e. The van der Waals surface area contributed by atoms with Crippen LogP contribution in [0, 0.1) is 6.92 Å². The molecule has 0 bridgehead atoms. The van der Waals surface area contributed by atoms with Crippen LogP contribution in [0.2, 0.25) is 0 Å². The Bertz CT molecular complexity index is 738. The molecule has 2 heterocycles. The van der Waals surface area contributed by atoms with E-state index in [0.29, 0.717) is 0 Å². The van der Waals surface area contributed by atoms with Crippen LogP contribution in [0.25, 0.3) is 11.3 Å². The Balaban J connectivity index is 1.66. The molecule has 0 fully saturated rings. The van der Waals surface area contributed by atoms with E-state index in [0.717, 1.165) is 39.5 Å². The standard InChI is InChI=1S/C17H16BrN3S/c1-12-16(13-5-7-14(18)8-6-13)21-17(22-12)20-11-9-15-4-2-3-10-19-15/h2-8,10H,9,11H2,1H3,(H,20,21). The van der Waals surface area contributed by atoms with Crippen LogP contribution in [0.4, 0.5) is 5.13 Å². The summed E-state index contributed by atoms with van der Waals surface area (Å²) in [4.78, 5) is 10.3. The highest BCUT2D eigenvalue weighted by atomic mass is 79.9. The summed E-state index contributed by atoms with van der Waals surface area (Å²) in [6.07, 6.45) is 2.72. The zero-order chi connectivity index (χ0) is 15.4. The molecule has 112 valence electrons. The number of halogens is 1. The monoisotopic (exact) mass is 373 g/mol. The fourth-order valence-corrected chi connectivity index (χ4v) is 3.32. The van der Waals surface area contributed by atoms with Crippen LogP contribution in [0.5, 0.6) is 0 Å². The highest BCUT2D eigenvalue weighted by Gasteiger charge is 2.09. The fraction of sp³-hybridized carbons (Fsp3) is 0.176. The Hall–Kier alpha value is -1.72. The molecule has 0 aliphatic heterocycles. The molecule has 3 aromatic rings. The van der Waals surface area contributed by atoms with Crippen LogP contribution in [-0.2, 0) is 6.42 Å². The normalized spacial score (nSPS) is 10.6. The van der Waals surface area contributed by atoms with E-state index in [1.807, 2.05) is 36.5 Å². The molecule has 0 saturated heterocycles. The van der Waals surface area contributed by atoms with Crippen molar-refractivity contribution in [3.63, 3.8) is 0 Å². The second-order valence-corrected chi connectivity index (χ2v) is 7.05. The third-order valence-electron chi connectivity index (χ3n) is 3.30. The molecule has 0 spiro atoms. The van der Waals surface area contributed by atoms with Crippen LogP contribution >= 0.6 is 27.3 Å². The first kappa shape index (κ1) is 15.2. The molecule has 0 amide bonds. The quantitative estimate of drug-likeness (QED) is 0.688. The van der Waals surface area contributed by atoms with Crippen LogP contribution in [0.15, 0.2) is 53.1 Å². The lowest BCUT2D eigenvalue weighted by Crippen LogP contribution is -2.05. The molecule has 0 atom stereocenters. The lowest BCUT2D eigenvalue weighted by molar-refractivity contribution is 0.959. The van der Waals surface area contributed by atoms with Gasteiger partial charge in [-0.2, -0.15) is 0 Å². The number of pyridine rings is 1. The highest BCUT2D eigenvalue weighted by molar-refractivity contribution is 9.10. The number of nitrogens with zero attached hydrogens (tertiary/aromatic N) is 2. The van der Waals surface area contributed by atoms with E-state index in [4.69, 9.17) is 4.98 Å². The second-order valence-electron chi connectivity index (χ2n) is 4.93. The zero-order valence-corrected chi connectivity index (χ0v) is 14.6. The average molecular weight is 374 g/mol. The summed E-state index contributed by atoms with van der Waals surface area (Å²) in [6, 6.07) is 14.3. The van der Waals surface area contributed by atoms with E-state index < -0.39 is 0 Å². The van der Waals surface area contributed by atoms with Crippen molar-refractivity contribution in [2.24, 2.45) is 0 Å². The molecule has 22 heavy (non-hydrogen) atoms. The first-order valence-electron chi connectivity index (χ1n) is 7.09. The van der Waals surface area contributed by atoms with Gasteiger partial charge in [0.1, 0.15) is 0 Å². The number of nitrogens with one attached hydrogen (secondary N) is 1. The van der Waals surface area contributed by atoms with Crippen molar-refractivity contribution < 1.29 is 0 Å². The number of benzene rings is 1. The van der Waals surface area contributed by atoms with Gasteiger partial charge >= 0.3 is 0 Å². The van der Waals surface area contributed by atoms with Crippen molar-refractivity contribution in [1.82, 2.24) is 9.97 Å². The third kappa shape index (κ3) is 3.72. The first-order valence-corrected chi connectivity index (χ1v) is 8.70. The van der Waals surface area contributed by atoms with E-state index in [1.54, 1.807) is 11.3 Å². The number of thiazole rings is 1. The molecule has 0 aliphatic rings. The summed E-state index contributed by atoms with van der Waals surface area (Å²) in [5.74, 6) is 0. The molecule has 1 aromatic carbocycles. The Labute approximate surface area is 142 Å². The lowest BCUT2D eigenvalue weighted by Gasteiger charge is -2.02. The van der Waals surface area contributed by atoms with Gasteiger partial charge in [0.15, 0.2) is 5.13 Å². The van der Waals surface area contributed by atoms with Gasteiger partial charge in [-0.25, -0.2) is 4.98 Å². The molecular formula is C17H16BrN3S. The van der Waals surface area contributed by atoms with Crippen LogP contribution in [0.3, 0.4) is 0 Å². The highest BCUT2D eigenvalue weighted by Crippen LogP contribution is 2.30. The van der Waals surface area contributed by atoms with E-state index >= 15 is 0 Å². The summed E-state index contributed by atoms with van der Waals surface area (Å²) in [5, 5.41) is 4.36. The van der Waals surface area contributed by atoms with Gasteiger partial charge < -0.3 is 5.32 Å². The predicted octanol–water partition coefficient (Wildman–Crippen LogP) is 4.93. The maximum absolute atomic E-state index is 4.71. The van der Waals surface area contributed by atoms with E-state index in [1.165, 1.54) is 4.88 Å². The second kappa shape index (κ2) is 7.03. The van der Waals surface area contributed by atoms with Gasteiger partial charge in [0.05, 0.1) is 5.69 Å². The summed E-state index contributed by atoms with van der Waals surface area (Å²) in [5.41, 5.74) is 3.30. The van der Waals surface area contributed by atoms with Crippen molar-refractivity contribution >= 4 is 32.4 Å². The number of hydrogen-bond donors (Lipinski definition) is 1. The molecule has 1 N–H and O–H groups in total.